The van der Waals surface area contributed by atoms with Crippen LogP contribution in [0.15, 0.2) is 18.2 Å². The Labute approximate surface area is 123 Å². The highest BCUT2D eigenvalue weighted by atomic mass is 35.5. The van der Waals surface area contributed by atoms with E-state index in [1.165, 1.54) is 12.1 Å². The number of cyclic esters (lactones) is 1. The summed E-state index contributed by atoms with van der Waals surface area (Å²) in [6, 6.07) is 3.84. The van der Waals surface area contributed by atoms with Crippen LogP contribution in [-0.4, -0.2) is 12.3 Å². The van der Waals surface area contributed by atoms with E-state index in [0.717, 1.165) is 6.07 Å². The van der Waals surface area contributed by atoms with Crippen molar-refractivity contribution in [2.45, 2.75) is 24.6 Å². The molecule has 1 amide bonds. The van der Waals surface area contributed by atoms with Crippen molar-refractivity contribution >= 4 is 23.4 Å². The molecule has 1 aliphatic carbocycles. The van der Waals surface area contributed by atoms with Crippen LogP contribution in [0.3, 0.4) is 0 Å². The van der Waals surface area contributed by atoms with Crippen LogP contribution < -0.4 is 5.32 Å². The Hall–Kier alpha value is -1.87. The van der Waals surface area contributed by atoms with Gasteiger partial charge in [-0.3, -0.25) is 5.32 Å². The van der Waals surface area contributed by atoms with Crippen molar-refractivity contribution in [3.05, 3.63) is 28.8 Å². The quantitative estimate of drug-likeness (QED) is 0.793. The van der Waals surface area contributed by atoms with Gasteiger partial charge in [-0.1, -0.05) is 17.5 Å². The Morgan fingerprint density at radius 1 is 1.38 bits per heavy atom. The van der Waals surface area contributed by atoms with Crippen LogP contribution >= 0.6 is 11.6 Å². The molecule has 1 atom stereocenters. The zero-order valence-corrected chi connectivity index (χ0v) is 11.3. The lowest BCUT2D eigenvalue weighted by Gasteiger charge is -2.43. The van der Waals surface area contributed by atoms with Gasteiger partial charge in [-0.25, -0.2) is 4.79 Å². The molecule has 0 aromatic heterocycles. The molecule has 3 rings (SSSR count). The van der Waals surface area contributed by atoms with Crippen molar-refractivity contribution in [2.75, 3.05) is 5.32 Å². The maximum Gasteiger partial charge on any atom is 0.434 e. The summed E-state index contributed by atoms with van der Waals surface area (Å²) in [6.07, 6.45) is -0.449. The molecule has 1 saturated carbocycles. The van der Waals surface area contributed by atoms with Gasteiger partial charge in [-0.05, 0) is 31.0 Å². The van der Waals surface area contributed by atoms with E-state index in [1.54, 1.807) is 0 Å². The van der Waals surface area contributed by atoms with Gasteiger partial charge in [0.05, 0.1) is 11.1 Å². The van der Waals surface area contributed by atoms with Gasteiger partial charge >= 0.3 is 12.3 Å². The van der Waals surface area contributed by atoms with Crippen molar-refractivity contribution in [3.8, 4) is 12.3 Å². The minimum Gasteiger partial charge on any atom is -0.426 e. The lowest BCUT2D eigenvalue weighted by molar-refractivity contribution is -0.283. The number of terminal acetylenes is 1. The highest BCUT2D eigenvalue weighted by Crippen LogP contribution is 2.67. The predicted octanol–water partition coefficient (Wildman–Crippen LogP) is 4.07. The highest BCUT2D eigenvalue weighted by Gasteiger charge is 2.76. The van der Waals surface area contributed by atoms with Gasteiger partial charge in [-0.15, -0.1) is 6.42 Å². The Morgan fingerprint density at radius 2 is 2.05 bits per heavy atom. The number of benzene rings is 1. The summed E-state index contributed by atoms with van der Waals surface area (Å²) in [7, 11) is 0. The average Bonchev–Trinajstić information content (AvgIpc) is 3.18. The zero-order chi connectivity index (χ0) is 15.5. The van der Waals surface area contributed by atoms with Gasteiger partial charge in [0.2, 0.25) is 0 Å². The van der Waals surface area contributed by atoms with E-state index in [9.17, 15) is 18.0 Å². The number of rotatable bonds is 1. The number of carbonyl (C=O) groups is 1. The molecule has 1 aromatic rings. The van der Waals surface area contributed by atoms with E-state index in [1.807, 2.05) is 0 Å². The average molecular weight is 316 g/mol. The summed E-state index contributed by atoms with van der Waals surface area (Å²) in [5.41, 5.74) is -4.69. The van der Waals surface area contributed by atoms with Crippen LogP contribution in [0, 0.1) is 17.8 Å². The molecule has 3 nitrogen and oxygen atoms in total. The molecule has 2 aliphatic rings. The molecular weight excluding hydrogens is 307 g/mol. The normalized spacial score (nSPS) is 26.1. The van der Waals surface area contributed by atoms with Crippen LogP contribution in [0.2, 0.25) is 5.02 Å². The Morgan fingerprint density at radius 3 is 2.57 bits per heavy atom. The predicted molar refractivity (Wildman–Crippen MR) is 69.8 cm³/mol. The molecule has 1 fully saturated rings. The number of fused-ring (bicyclic) bond motifs is 1. The molecule has 0 spiro atoms. The largest absolute Gasteiger partial charge is 0.434 e. The first-order valence-electron chi connectivity index (χ1n) is 6.10. The van der Waals surface area contributed by atoms with E-state index in [-0.39, 0.29) is 29.1 Å². The first kappa shape index (κ1) is 14.1. The van der Waals surface area contributed by atoms with Gasteiger partial charge < -0.3 is 4.74 Å². The number of alkyl halides is 3. The Bertz CT molecular complexity index is 676. The molecule has 1 N–H and O–H groups in total. The van der Waals surface area contributed by atoms with E-state index in [0.29, 0.717) is 0 Å². The fraction of sp³-hybridized carbons (Fsp3) is 0.357. The SMILES string of the molecule is C#CC1([C@]2(C(F)(F)F)OC(=O)Nc3ccc(Cl)cc32)CC1. The monoisotopic (exact) mass is 315 g/mol. The zero-order valence-electron chi connectivity index (χ0n) is 10.6. The smallest absolute Gasteiger partial charge is 0.426 e. The van der Waals surface area contributed by atoms with Crippen LogP contribution in [0.25, 0.3) is 0 Å². The minimum atomic E-state index is -4.85. The Kier molecular flexibility index (Phi) is 2.73. The molecule has 0 radical (unpaired) electrons. The standard InChI is InChI=1S/C14H9ClF3NO2/c1-2-12(5-6-12)13(14(16,17)18)9-7-8(15)3-4-10(9)19-11(20)21-13/h1,3-4,7H,5-6H2,(H,19,20)/t13-/m1/s1. The minimum absolute atomic E-state index is 0.00880. The number of hydrogen-bond donors (Lipinski definition) is 1. The highest BCUT2D eigenvalue weighted by molar-refractivity contribution is 6.30. The molecule has 0 unspecified atom stereocenters. The van der Waals surface area contributed by atoms with Crippen molar-refractivity contribution in [1.29, 1.82) is 0 Å². The third-order valence-electron chi connectivity index (χ3n) is 3.94. The van der Waals surface area contributed by atoms with E-state index in [4.69, 9.17) is 22.8 Å². The molecule has 110 valence electrons. The maximum atomic E-state index is 13.9. The number of halogens is 4. The number of anilines is 1. The second-order valence-electron chi connectivity index (χ2n) is 5.11. The van der Waals surface area contributed by atoms with Gasteiger partial charge in [0.15, 0.2) is 0 Å². The molecule has 21 heavy (non-hydrogen) atoms. The summed E-state index contributed by atoms with van der Waals surface area (Å²) in [4.78, 5) is 11.6. The van der Waals surface area contributed by atoms with Gasteiger partial charge in [0.25, 0.3) is 5.60 Å². The van der Waals surface area contributed by atoms with Crippen molar-refractivity contribution in [3.63, 3.8) is 0 Å². The lowest BCUT2D eigenvalue weighted by Crippen LogP contribution is -2.55. The molecule has 0 saturated heterocycles. The van der Waals surface area contributed by atoms with E-state index in [2.05, 4.69) is 11.2 Å². The lowest BCUT2D eigenvalue weighted by atomic mass is 9.76. The number of carbonyl (C=O) groups excluding carboxylic acids is 1. The summed E-state index contributed by atoms with van der Waals surface area (Å²) in [5, 5.41) is 2.36. The van der Waals surface area contributed by atoms with Crippen LogP contribution in [0.4, 0.5) is 23.7 Å². The third kappa shape index (κ3) is 1.74. The van der Waals surface area contributed by atoms with Crippen LogP contribution in [0.1, 0.15) is 18.4 Å². The topological polar surface area (TPSA) is 38.3 Å². The van der Waals surface area contributed by atoms with Crippen LogP contribution in [-0.2, 0) is 10.3 Å². The van der Waals surface area contributed by atoms with Crippen molar-refractivity contribution < 1.29 is 22.7 Å². The van der Waals surface area contributed by atoms with Crippen molar-refractivity contribution in [1.82, 2.24) is 0 Å². The number of amides is 1. The first-order chi connectivity index (χ1) is 9.76. The molecule has 1 aliphatic heterocycles. The van der Waals surface area contributed by atoms with Gasteiger partial charge in [0.1, 0.15) is 0 Å². The van der Waals surface area contributed by atoms with Gasteiger partial charge in [-0.2, -0.15) is 13.2 Å². The molecule has 0 bridgehead atoms. The second kappa shape index (κ2) is 4.08. The summed E-state index contributed by atoms with van der Waals surface area (Å²) >= 11 is 5.82. The van der Waals surface area contributed by atoms with Crippen LogP contribution in [0.5, 0.6) is 0 Å². The second-order valence-corrected chi connectivity index (χ2v) is 5.55. The summed E-state index contributed by atoms with van der Waals surface area (Å²) in [6.45, 7) is 0. The fourth-order valence-electron chi connectivity index (χ4n) is 2.81. The first-order valence-corrected chi connectivity index (χ1v) is 6.48. The number of hydrogen-bond acceptors (Lipinski definition) is 2. The number of nitrogens with one attached hydrogen (secondary N) is 1. The fourth-order valence-corrected chi connectivity index (χ4v) is 2.98. The van der Waals surface area contributed by atoms with E-state index >= 15 is 0 Å². The van der Waals surface area contributed by atoms with Crippen molar-refractivity contribution in [2.24, 2.45) is 5.41 Å². The van der Waals surface area contributed by atoms with E-state index < -0.39 is 23.3 Å². The molecule has 1 heterocycles. The summed E-state index contributed by atoms with van der Waals surface area (Å²) < 4.78 is 46.3. The van der Waals surface area contributed by atoms with Gasteiger partial charge in [0, 0.05) is 10.6 Å². The molecule has 7 heteroatoms. The summed E-state index contributed by atoms with van der Waals surface area (Å²) in [5.74, 6) is 2.18. The molecule has 1 aromatic carbocycles. The Balaban J connectivity index is 2.34. The number of ether oxygens (including phenoxy) is 1. The third-order valence-corrected chi connectivity index (χ3v) is 4.18. The maximum absolute atomic E-state index is 13.9. The molecular formula is C14H9ClF3NO2.